The maximum Gasteiger partial charge on any atom is 0.255 e. The summed E-state index contributed by atoms with van der Waals surface area (Å²) in [5.41, 5.74) is 1.56. The van der Waals surface area contributed by atoms with Crippen molar-refractivity contribution in [3.8, 4) is 0 Å². The first-order chi connectivity index (χ1) is 8.09. The lowest BCUT2D eigenvalue weighted by atomic mass is 10.1. The number of amides is 1. The van der Waals surface area contributed by atoms with Crippen LogP contribution in [0.2, 0.25) is 5.02 Å². The van der Waals surface area contributed by atoms with Gasteiger partial charge in [0, 0.05) is 25.7 Å². The first-order valence-electron chi connectivity index (χ1n) is 5.87. The summed E-state index contributed by atoms with van der Waals surface area (Å²) >= 11 is 6.18. The van der Waals surface area contributed by atoms with Crippen LogP contribution in [0.4, 0.5) is 0 Å². The highest BCUT2D eigenvalue weighted by Crippen LogP contribution is 2.22. The van der Waals surface area contributed by atoms with Crippen molar-refractivity contribution in [1.29, 1.82) is 0 Å². The standard InChI is InChI=1S/C13H17ClN2O.ClH/c1-9-4-3-5-11(12(9)14)13(17)16-7-6-15-10(2)8-16;/h3-5,10,15H,6-8H2,1-2H3;1H/t10-;/m1./s1. The number of carbonyl (C=O) groups is 1. The smallest absolute Gasteiger partial charge is 0.255 e. The molecule has 0 radical (unpaired) electrons. The lowest BCUT2D eigenvalue weighted by molar-refractivity contribution is 0.0709. The molecule has 0 bridgehead atoms. The van der Waals surface area contributed by atoms with Crippen molar-refractivity contribution >= 4 is 29.9 Å². The molecule has 0 aromatic heterocycles. The number of piperazine rings is 1. The average molecular weight is 289 g/mol. The minimum atomic E-state index is 0. The quantitative estimate of drug-likeness (QED) is 0.861. The molecule has 0 aliphatic carbocycles. The number of halogens is 2. The predicted molar refractivity (Wildman–Crippen MR) is 76.8 cm³/mol. The Morgan fingerprint density at radius 2 is 2.22 bits per heavy atom. The first kappa shape index (κ1) is 15.3. The van der Waals surface area contributed by atoms with Crippen molar-refractivity contribution in [3.05, 3.63) is 34.3 Å². The molecule has 100 valence electrons. The molecule has 18 heavy (non-hydrogen) atoms. The minimum absolute atomic E-state index is 0. The Labute approximate surface area is 119 Å². The highest BCUT2D eigenvalue weighted by atomic mass is 35.5. The molecule has 1 N–H and O–H groups in total. The fourth-order valence-corrected chi connectivity index (χ4v) is 2.31. The summed E-state index contributed by atoms with van der Waals surface area (Å²) in [7, 11) is 0. The van der Waals surface area contributed by atoms with Crippen molar-refractivity contribution in [3.63, 3.8) is 0 Å². The van der Waals surface area contributed by atoms with Gasteiger partial charge in [-0.05, 0) is 25.5 Å². The van der Waals surface area contributed by atoms with E-state index in [0.717, 1.165) is 25.2 Å². The molecule has 1 aliphatic heterocycles. The summed E-state index contributed by atoms with van der Waals surface area (Å²) < 4.78 is 0. The Hall–Kier alpha value is -0.770. The van der Waals surface area contributed by atoms with Crippen LogP contribution in [-0.4, -0.2) is 36.5 Å². The van der Waals surface area contributed by atoms with Crippen LogP contribution in [0, 0.1) is 6.92 Å². The van der Waals surface area contributed by atoms with Gasteiger partial charge in [0.2, 0.25) is 0 Å². The molecule has 3 nitrogen and oxygen atoms in total. The molecule has 1 atom stereocenters. The molecular formula is C13H18Cl2N2O. The van der Waals surface area contributed by atoms with Gasteiger partial charge < -0.3 is 10.2 Å². The third kappa shape index (κ3) is 3.16. The monoisotopic (exact) mass is 288 g/mol. The van der Waals surface area contributed by atoms with Gasteiger partial charge in [0.1, 0.15) is 0 Å². The second kappa shape index (κ2) is 6.41. The molecule has 1 amide bonds. The number of aryl methyl sites for hydroxylation is 1. The molecule has 1 fully saturated rings. The van der Waals surface area contributed by atoms with Gasteiger partial charge in [0.25, 0.3) is 5.91 Å². The van der Waals surface area contributed by atoms with Gasteiger partial charge in [-0.3, -0.25) is 4.79 Å². The van der Waals surface area contributed by atoms with E-state index in [1.165, 1.54) is 0 Å². The predicted octanol–water partition coefficient (Wildman–Crippen LogP) is 2.50. The van der Waals surface area contributed by atoms with Crippen molar-refractivity contribution in [2.75, 3.05) is 19.6 Å². The topological polar surface area (TPSA) is 32.3 Å². The van der Waals surface area contributed by atoms with E-state index >= 15 is 0 Å². The largest absolute Gasteiger partial charge is 0.336 e. The molecule has 1 heterocycles. The third-order valence-electron chi connectivity index (χ3n) is 3.08. The molecule has 0 spiro atoms. The fraction of sp³-hybridized carbons (Fsp3) is 0.462. The van der Waals surface area contributed by atoms with Crippen LogP contribution >= 0.6 is 24.0 Å². The van der Waals surface area contributed by atoms with E-state index in [1.807, 2.05) is 24.0 Å². The maximum atomic E-state index is 12.3. The zero-order valence-electron chi connectivity index (χ0n) is 10.6. The summed E-state index contributed by atoms with van der Waals surface area (Å²) in [6.45, 7) is 6.32. The molecule has 5 heteroatoms. The minimum Gasteiger partial charge on any atom is -0.336 e. The maximum absolute atomic E-state index is 12.3. The zero-order chi connectivity index (χ0) is 12.4. The molecule has 1 aromatic rings. The average Bonchev–Trinajstić information content (AvgIpc) is 2.32. The van der Waals surface area contributed by atoms with E-state index in [2.05, 4.69) is 12.2 Å². The molecule has 2 rings (SSSR count). The second-order valence-corrected chi connectivity index (χ2v) is 4.92. The van der Waals surface area contributed by atoms with E-state index in [9.17, 15) is 4.79 Å². The van der Waals surface area contributed by atoms with Gasteiger partial charge in [-0.1, -0.05) is 23.7 Å². The zero-order valence-corrected chi connectivity index (χ0v) is 12.1. The van der Waals surface area contributed by atoms with E-state index < -0.39 is 0 Å². The van der Waals surface area contributed by atoms with Crippen LogP contribution < -0.4 is 5.32 Å². The Kier molecular flexibility index (Phi) is 5.45. The molecule has 0 saturated carbocycles. The number of nitrogens with zero attached hydrogens (tertiary/aromatic N) is 1. The van der Waals surface area contributed by atoms with Crippen LogP contribution in [-0.2, 0) is 0 Å². The Morgan fingerprint density at radius 3 is 2.89 bits per heavy atom. The van der Waals surface area contributed by atoms with Crippen LogP contribution in [0.3, 0.4) is 0 Å². The number of benzene rings is 1. The van der Waals surface area contributed by atoms with Gasteiger partial charge >= 0.3 is 0 Å². The van der Waals surface area contributed by atoms with Crippen molar-refractivity contribution in [1.82, 2.24) is 10.2 Å². The fourth-order valence-electron chi connectivity index (χ4n) is 2.10. The van der Waals surface area contributed by atoms with E-state index in [1.54, 1.807) is 6.07 Å². The number of hydrogen-bond acceptors (Lipinski definition) is 2. The Balaban J connectivity index is 0.00000162. The third-order valence-corrected chi connectivity index (χ3v) is 3.58. The number of rotatable bonds is 1. The summed E-state index contributed by atoms with van der Waals surface area (Å²) in [4.78, 5) is 14.2. The molecular weight excluding hydrogens is 271 g/mol. The number of nitrogens with one attached hydrogen (secondary N) is 1. The van der Waals surface area contributed by atoms with E-state index in [0.29, 0.717) is 16.6 Å². The summed E-state index contributed by atoms with van der Waals surface area (Å²) in [6, 6.07) is 5.93. The SMILES string of the molecule is Cc1cccc(C(=O)N2CCN[C@H](C)C2)c1Cl.Cl. The van der Waals surface area contributed by atoms with Crippen LogP contribution in [0.1, 0.15) is 22.8 Å². The van der Waals surface area contributed by atoms with Crippen LogP contribution in [0.15, 0.2) is 18.2 Å². The molecule has 0 unspecified atom stereocenters. The highest BCUT2D eigenvalue weighted by Gasteiger charge is 2.23. The van der Waals surface area contributed by atoms with Crippen molar-refractivity contribution in [2.45, 2.75) is 19.9 Å². The highest BCUT2D eigenvalue weighted by molar-refractivity contribution is 6.34. The summed E-state index contributed by atoms with van der Waals surface area (Å²) in [5, 5.41) is 3.89. The second-order valence-electron chi connectivity index (χ2n) is 4.54. The van der Waals surface area contributed by atoms with Crippen molar-refractivity contribution in [2.24, 2.45) is 0 Å². The van der Waals surface area contributed by atoms with Crippen LogP contribution in [0.5, 0.6) is 0 Å². The normalized spacial score (nSPS) is 19.3. The van der Waals surface area contributed by atoms with Crippen molar-refractivity contribution < 1.29 is 4.79 Å². The first-order valence-corrected chi connectivity index (χ1v) is 6.25. The lowest BCUT2D eigenvalue weighted by Crippen LogP contribution is -2.51. The summed E-state index contributed by atoms with van der Waals surface area (Å²) in [5.74, 6) is 0.0343. The number of carbonyl (C=O) groups excluding carboxylic acids is 1. The van der Waals surface area contributed by atoms with E-state index in [-0.39, 0.29) is 18.3 Å². The summed E-state index contributed by atoms with van der Waals surface area (Å²) in [6.07, 6.45) is 0. The molecule has 1 aromatic carbocycles. The Morgan fingerprint density at radius 1 is 1.50 bits per heavy atom. The van der Waals surface area contributed by atoms with Gasteiger partial charge in [-0.15, -0.1) is 12.4 Å². The van der Waals surface area contributed by atoms with E-state index in [4.69, 9.17) is 11.6 Å². The van der Waals surface area contributed by atoms with Gasteiger partial charge in [-0.25, -0.2) is 0 Å². The number of hydrogen-bond donors (Lipinski definition) is 1. The van der Waals surface area contributed by atoms with Gasteiger partial charge in [0.05, 0.1) is 10.6 Å². The molecule has 1 saturated heterocycles. The molecule has 1 aliphatic rings. The van der Waals surface area contributed by atoms with Gasteiger partial charge in [-0.2, -0.15) is 0 Å². The Bertz CT molecular complexity index is 437. The van der Waals surface area contributed by atoms with Crippen LogP contribution in [0.25, 0.3) is 0 Å². The lowest BCUT2D eigenvalue weighted by Gasteiger charge is -2.32. The van der Waals surface area contributed by atoms with Gasteiger partial charge in [0.15, 0.2) is 0 Å².